The second kappa shape index (κ2) is 9.80. The van der Waals surface area contributed by atoms with E-state index < -0.39 is 10.0 Å². The van der Waals surface area contributed by atoms with E-state index in [0.29, 0.717) is 22.9 Å². The summed E-state index contributed by atoms with van der Waals surface area (Å²) in [5.74, 6) is 0.0893. The summed E-state index contributed by atoms with van der Waals surface area (Å²) < 4.78 is 28.9. The zero-order chi connectivity index (χ0) is 22.6. The van der Waals surface area contributed by atoms with Crippen molar-refractivity contribution in [3.05, 3.63) is 53.6 Å². The van der Waals surface area contributed by atoms with E-state index in [-0.39, 0.29) is 16.8 Å². The lowest BCUT2D eigenvalue weighted by Crippen LogP contribution is -2.42. The van der Waals surface area contributed by atoms with Crippen molar-refractivity contribution in [3.63, 3.8) is 0 Å². The van der Waals surface area contributed by atoms with Crippen LogP contribution in [0.3, 0.4) is 0 Å². The van der Waals surface area contributed by atoms with Gasteiger partial charge in [0.15, 0.2) is 0 Å². The quantitative estimate of drug-likeness (QED) is 0.611. The van der Waals surface area contributed by atoms with E-state index in [1.54, 1.807) is 23.1 Å². The Kier molecular flexibility index (Phi) is 7.35. The highest BCUT2D eigenvalue weighted by Gasteiger charge is 2.26. The Morgan fingerprint density at radius 3 is 2.45 bits per heavy atom. The predicted octanol–water partition coefficient (Wildman–Crippen LogP) is 2.98. The summed E-state index contributed by atoms with van der Waals surface area (Å²) in [6.45, 7) is 5.64. The van der Waals surface area contributed by atoms with Crippen molar-refractivity contribution in [1.29, 1.82) is 0 Å². The van der Waals surface area contributed by atoms with Crippen molar-refractivity contribution in [3.8, 4) is 0 Å². The summed E-state index contributed by atoms with van der Waals surface area (Å²) in [5.41, 5.74) is 2.64. The molecule has 2 aromatic carbocycles. The van der Waals surface area contributed by atoms with Gasteiger partial charge in [0.25, 0.3) is 5.91 Å². The maximum atomic E-state index is 13.0. The second-order valence-corrected chi connectivity index (χ2v) is 10.1. The number of hydrogen-bond donors (Lipinski definition) is 3. The number of amides is 1. The van der Waals surface area contributed by atoms with Crippen LogP contribution in [0.4, 0.5) is 11.4 Å². The summed E-state index contributed by atoms with van der Waals surface area (Å²) in [5, 5.41) is 6.22. The van der Waals surface area contributed by atoms with Gasteiger partial charge in [-0.1, -0.05) is 18.2 Å². The molecule has 31 heavy (non-hydrogen) atoms. The van der Waals surface area contributed by atoms with Gasteiger partial charge in [0.05, 0.1) is 16.3 Å². The van der Waals surface area contributed by atoms with Gasteiger partial charge in [-0.25, -0.2) is 13.1 Å². The molecule has 168 valence electrons. The van der Waals surface area contributed by atoms with Crippen molar-refractivity contribution in [2.75, 3.05) is 37.4 Å². The standard InChI is InChI=1S/C23H32N4O3S/c1-16-7-5-6-8-20(16)23(28)25-21-10-9-19(15-22(21)27(3)4)31(29,30)26-17(2)18-11-13-24-14-12-18/h5-10,15,17-18,24,26H,11-14H2,1-4H3,(H,25,28)/t17-/m1/s1. The van der Waals surface area contributed by atoms with Crippen LogP contribution in [0.2, 0.25) is 0 Å². The average molecular weight is 445 g/mol. The number of aryl methyl sites for hydroxylation is 1. The van der Waals surface area contributed by atoms with Crippen LogP contribution < -0.4 is 20.3 Å². The van der Waals surface area contributed by atoms with Crippen LogP contribution in [-0.4, -0.2) is 47.6 Å². The summed E-state index contributed by atoms with van der Waals surface area (Å²) >= 11 is 0. The Labute approximate surface area is 185 Å². The number of hydrogen-bond acceptors (Lipinski definition) is 5. The topological polar surface area (TPSA) is 90.5 Å². The SMILES string of the molecule is Cc1ccccc1C(=O)Nc1ccc(S(=O)(=O)N[C@H](C)C2CCNCC2)cc1N(C)C. The maximum absolute atomic E-state index is 13.0. The van der Waals surface area contributed by atoms with Crippen molar-refractivity contribution in [2.45, 2.75) is 37.6 Å². The molecule has 1 aliphatic heterocycles. The van der Waals surface area contributed by atoms with Gasteiger partial charge in [-0.3, -0.25) is 4.79 Å². The minimum Gasteiger partial charge on any atom is -0.376 e. The van der Waals surface area contributed by atoms with Gasteiger partial charge in [0.2, 0.25) is 10.0 Å². The zero-order valence-corrected chi connectivity index (χ0v) is 19.4. The van der Waals surface area contributed by atoms with Crippen LogP contribution in [-0.2, 0) is 10.0 Å². The molecule has 0 aliphatic carbocycles. The monoisotopic (exact) mass is 444 g/mol. The van der Waals surface area contributed by atoms with Crippen LogP contribution in [0.1, 0.15) is 35.7 Å². The minimum absolute atomic E-state index is 0.143. The molecule has 1 amide bonds. The number of nitrogens with zero attached hydrogens (tertiary/aromatic N) is 1. The highest BCUT2D eigenvalue weighted by molar-refractivity contribution is 7.89. The van der Waals surface area contributed by atoms with Gasteiger partial charge in [-0.2, -0.15) is 0 Å². The number of anilines is 2. The molecule has 0 aromatic heterocycles. The molecule has 8 heteroatoms. The largest absolute Gasteiger partial charge is 0.376 e. The minimum atomic E-state index is -3.68. The molecule has 3 N–H and O–H groups in total. The summed E-state index contributed by atoms with van der Waals surface area (Å²) in [4.78, 5) is 14.7. The molecule has 0 unspecified atom stereocenters. The molecule has 0 bridgehead atoms. The van der Waals surface area contributed by atoms with Crippen molar-refractivity contribution in [2.24, 2.45) is 5.92 Å². The third kappa shape index (κ3) is 5.64. The summed E-state index contributed by atoms with van der Waals surface area (Å²) in [6.07, 6.45) is 1.91. The van der Waals surface area contributed by atoms with Crippen molar-refractivity contribution >= 4 is 27.3 Å². The molecule has 1 heterocycles. The van der Waals surface area contributed by atoms with Gasteiger partial charge in [0.1, 0.15) is 0 Å². The van der Waals surface area contributed by atoms with Gasteiger partial charge in [-0.15, -0.1) is 0 Å². The van der Waals surface area contributed by atoms with E-state index in [1.165, 1.54) is 6.07 Å². The number of carbonyl (C=O) groups is 1. The lowest BCUT2D eigenvalue weighted by molar-refractivity contribution is 0.102. The first kappa shape index (κ1) is 23.2. The van der Waals surface area contributed by atoms with Gasteiger partial charge >= 0.3 is 0 Å². The molecule has 2 aromatic rings. The zero-order valence-electron chi connectivity index (χ0n) is 18.6. The van der Waals surface area contributed by atoms with Gasteiger partial charge in [-0.05, 0) is 75.5 Å². The highest BCUT2D eigenvalue weighted by atomic mass is 32.2. The van der Waals surface area contributed by atoms with Crippen LogP contribution in [0.5, 0.6) is 0 Å². The molecule has 3 rings (SSSR count). The van der Waals surface area contributed by atoms with E-state index >= 15 is 0 Å². The molecule has 0 saturated carbocycles. The normalized spacial score (nSPS) is 16.0. The molecular formula is C23H32N4O3S. The third-order valence-corrected chi connectivity index (χ3v) is 7.39. The van der Waals surface area contributed by atoms with Crippen molar-refractivity contribution < 1.29 is 13.2 Å². The van der Waals surface area contributed by atoms with E-state index in [9.17, 15) is 13.2 Å². The molecule has 1 aliphatic rings. The fourth-order valence-corrected chi connectivity index (χ4v) is 5.26. The lowest BCUT2D eigenvalue weighted by Gasteiger charge is -2.28. The Hall–Kier alpha value is -2.42. The fourth-order valence-electron chi connectivity index (χ4n) is 3.92. The molecule has 0 radical (unpaired) electrons. The van der Waals surface area contributed by atoms with Crippen LogP contribution in [0.15, 0.2) is 47.4 Å². The van der Waals surface area contributed by atoms with Crippen LogP contribution >= 0.6 is 0 Å². The van der Waals surface area contributed by atoms with Crippen molar-refractivity contribution in [1.82, 2.24) is 10.0 Å². The number of benzene rings is 2. The van der Waals surface area contributed by atoms with Gasteiger partial charge < -0.3 is 15.5 Å². The number of piperidine rings is 1. The van der Waals surface area contributed by atoms with E-state index in [2.05, 4.69) is 15.4 Å². The first-order valence-corrected chi connectivity index (χ1v) is 12.1. The molecule has 1 saturated heterocycles. The predicted molar refractivity (Wildman–Crippen MR) is 125 cm³/mol. The van der Waals surface area contributed by atoms with Gasteiger partial charge in [0, 0.05) is 25.7 Å². The lowest BCUT2D eigenvalue weighted by atomic mass is 9.92. The molecule has 0 spiro atoms. The Morgan fingerprint density at radius 2 is 1.81 bits per heavy atom. The van der Waals surface area contributed by atoms with E-state index in [1.807, 2.05) is 46.1 Å². The molecular weight excluding hydrogens is 412 g/mol. The Morgan fingerprint density at radius 1 is 1.13 bits per heavy atom. The smallest absolute Gasteiger partial charge is 0.255 e. The Balaban J connectivity index is 1.82. The molecule has 7 nitrogen and oxygen atoms in total. The van der Waals surface area contributed by atoms with E-state index in [4.69, 9.17) is 0 Å². The first-order chi connectivity index (χ1) is 14.7. The highest BCUT2D eigenvalue weighted by Crippen LogP contribution is 2.29. The first-order valence-electron chi connectivity index (χ1n) is 10.6. The van der Waals surface area contributed by atoms with Crippen LogP contribution in [0, 0.1) is 12.8 Å². The Bertz CT molecular complexity index is 1030. The molecule has 1 atom stereocenters. The number of sulfonamides is 1. The van der Waals surface area contributed by atoms with E-state index in [0.717, 1.165) is 31.5 Å². The average Bonchev–Trinajstić information content (AvgIpc) is 2.74. The summed E-state index contributed by atoms with van der Waals surface area (Å²) in [6, 6.07) is 12.0. The number of rotatable bonds is 7. The second-order valence-electron chi connectivity index (χ2n) is 8.34. The third-order valence-electron chi connectivity index (χ3n) is 5.83. The summed E-state index contributed by atoms with van der Waals surface area (Å²) in [7, 11) is -0.0394. The number of carbonyl (C=O) groups excluding carboxylic acids is 1. The maximum Gasteiger partial charge on any atom is 0.255 e. The van der Waals surface area contributed by atoms with Crippen LogP contribution in [0.25, 0.3) is 0 Å². The number of nitrogens with one attached hydrogen (secondary N) is 3. The molecule has 1 fully saturated rings. The fraction of sp³-hybridized carbons (Fsp3) is 0.435.